The van der Waals surface area contributed by atoms with Crippen LogP contribution in [0.3, 0.4) is 0 Å². The molecule has 3 nitrogen and oxygen atoms in total. The highest BCUT2D eigenvalue weighted by Crippen LogP contribution is 2.33. The summed E-state index contributed by atoms with van der Waals surface area (Å²) in [5, 5.41) is 0. The van der Waals surface area contributed by atoms with Crippen LogP contribution in [0.4, 0.5) is 0 Å². The first-order chi connectivity index (χ1) is 16.7. The van der Waals surface area contributed by atoms with Crippen LogP contribution >= 0.6 is 0 Å². The molecule has 0 N–H and O–H groups in total. The largest absolute Gasteiger partial charge is 0.497 e. The number of rotatable bonds is 10. The van der Waals surface area contributed by atoms with E-state index in [1.54, 1.807) is 14.2 Å². The molecule has 0 spiro atoms. The van der Waals surface area contributed by atoms with Crippen LogP contribution in [0.25, 0.3) is 0 Å². The van der Waals surface area contributed by atoms with Gasteiger partial charge >= 0.3 is 0 Å². The van der Waals surface area contributed by atoms with Gasteiger partial charge in [-0.3, -0.25) is 4.79 Å². The Hall–Kier alpha value is -3.85. The van der Waals surface area contributed by atoms with Crippen molar-refractivity contribution in [2.45, 2.75) is 24.7 Å². The molecule has 0 aliphatic carbocycles. The molecule has 0 radical (unpaired) electrons. The fourth-order valence-electron chi connectivity index (χ4n) is 4.45. The zero-order valence-corrected chi connectivity index (χ0v) is 19.7. The number of ether oxygens (including phenoxy) is 2. The fourth-order valence-corrected chi connectivity index (χ4v) is 4.45. The van der Waals surface area contributed by atoms with Crippen LogP contribution in [0.5, 0.6) is 11.5 Å². The summed E-state index contributed by atoms with van der Waals surface area (Å²) < 4.78 is 10.8. The Bertz CT molecular complexity index is 1110. The van der Waals surface area contributed by atoms with Crippen molar-refractivity contribution in [3.8, 4) is 11.5 Å². The molecule has 0 aromatic heterocycles. The van der Waals surface area contributed by atoms with Crippen LogP contribution in [-0.4, -0.2) is 20.0 Å². The highest BCUT2D eigenvalue weighted by molar-refractivity contribution is 5.92. The van der Waals surface area contributed by atoms with E-state index >= 15 is 0 Å². The standard InChI is InChI=1S/C31H30O3/c1-33-27-17-9-11-23(19-27)21-29(25-13-5-3-6-14-25)31(32)30(26-15-7-4-8-16-26)22-24-12-10-18-28(20-24)34-2/h3-20,29-30H,21-22H2,1-2H3. The third-order valence-electron chi connectivity index (χ3n) is 6.24. The third kappa shape index (κ3) is 5.74. The second-order valence-electron chi connectivity index (χ2n) is 8.44. The molecule has 0 bridgehead atoms. The number of methoxy groups -OCH3 is 2. The van der Waals surface area contributed by atoms with Gasteiger partial charge in [0.05, 0.1) is 14.2 Å². The van der Waals surface area contributed by atoms with Gasteiger partial charge < -0.3 is 9.47 Å². The summed E-state index contributed by atoms with van der Waals surface area (Å²) in [7, 11) is 3.33. The van der Waals surface area contributed by atoms with Crippen LogP contribution in [0.1, 0.15) is 34.1 Å². The van der Waals surface area contributed by atoms with Crippen molar-refractivity contribution in [1.29, 1.82) is 0 Å². The van der Waals surface area contributed by atoms with E-state index in [0.717, 1.165) is 33.8 Å². The summed E-state index contributed by atoms with van der Waals surface area (Å²) in [6.45, 7) is 0. The number of carbonyl (C=O) groups excluding carboxylic acids is 1. The lowest BCUT2D eigenvalue weighted by Crippen LogP contribution is -2.24. The molecule has 0 amide bonds. The lowest BCUT2D eigenvalue weighted by Gasteiger charge is -2.24. The van der Waals surface area contributed by atoms with E-state index < -0.39 is 0 Å². The van der Waals surface area contributed by atoms with Crippen LogP contribution in [0.2, 0.25) is 0 Å². The minimum absolute atomic E-state index is 0.211. The maximum atomic E-state index is 14.3. The number of benzene rings is 4. The minimum atomic E-state index is -0.274. The van der Waals surface area contributed by atoms with Crippen molar-refractivity contribution in [2.24, 2.45) is 0 Å². The van der Waals surface area contributed by atoms with E-state index in [2.05, 4.69) is 36.4 Å². The first-order valence-electron chi connectivity index (χ1n) is 11.6. The summed E-state index contributed by atoms with van der Waals surface area (Å²) in [5.41, 5.74) is 4.22. The Labute approximate surface area is 202 Å². The van der Waals surface area contributed by atoms with Gasteiger partial charge in [-0.15, -0.1) is 0 Å². The third-order valence-corrected chi connectivity index (χ3v) is 6.24. The maximum Gasteiger partial charge on any atom is 0.148 e. The van der Waals surface area contributed by atoms with Crippen LogP contribution in [0, 0.1) is 0 Å². The molecule has 4 rings (SSSR count). The van der Waals surface area contributed by atoms with Crippen molar-refractivity contribution in [1.82, 2.24) is 0 Å². The van der Waals surface area contributed by atoms with Crippen LogP contribution in [-0.2, 0) is 17.6 Å². The normalized spacial score (nSPS) is 12.5. The predicted octanol–water partition coefficient (Wildman–Crippen LogP) is 6.63. The lowest BCUT2D eigenvalue weighted by atomic mass is 9.78. The van der Waals surface area contributed by atoms with Gasteiger partial charge in [-0.25, -0.2) is 0 Å². The molecule has 0 saturated heterocycles. The molecule has 4 aromatic rings. The average molecular weight is 451 g/mol. The average Bonchev–Trinajstić information content (AvgIpc) is 2.91. The molecule has 0 aliphatic rings. The zero-order chi connectivity index (χ0) is 23.8. The van der Waals surface area contributed by atoms with Gasteiger partial charge in [0.15, 0.2) is 0 Å². The molecule has 0 heterocycles. The monoisotopic (exact) mass is 450 g/mol. The molecular formula is C31H30O3. The molecule has 34 heavy (non-hydrogen) atoms. The van der Waals surface area contributed by atoms with Gasteiger partial charge in [-0.1, -0.05) is 84.9 Å². The van der Waals surface area contributed by atoms with Gasteiger partial charge in [0.2, 0.25) is 0 Å². The Morgan fingerprint density at radius 2 is 1.00 bits per heavy atom. The van der Waals surface area contributed by atoms with Crippen molar-refractivity contribution >= 4 is 5.78 Å². The van der Waals surface area contributed by atoms with E-state index in [-0.39, 0.29) is 17.6 Å². The molecule has 0 saturated carbocycles. The first kappa shape index (κ1) is 23.3. The van der Waals surface area contributed by atoms with E-state index in [1.165, 1.54) is 0 Å². The van der Waals surface area contributed by atoms with E-state index in [4.69, 9.17) is 9.47 Å². The van der Waals surface area contributed by atoms with E-state index in [1.807, 2.05) is 72.8 Å². The molecule has 4 aromatic carbocycles. The van der Waals surface area contributed by atoms with Crippen molar-refractivity contribution in [3.63, 3.8) is 0 Å². The maximum absolute atomic E-state index is 14.3. The second kappa shape index (κ2) is 11.3. The highest BCUT2D eigenvalue weighted by atomic mass is 16.5. The number of carbonyl (C=O) groups is 1. The molecule has 2 unspecified atom stereocenters. The summed E-state index contributed by atoms with van der Waals surface area (Å²) in [5.74, 6) is 1.26. The summed E-state index contributed by atoms with van der Waals surface area (Å²) in [6, 6.07) is 36.2. The Kier molecular flexibility index (Phi) is 7.77. The Balaban J connectivity index is 1.72. The second-order valence-corrected chi connectivity index (χ2v) is 8.44. The topological polar surface area (TPSA) is 35.5 Å². The first-order valence-corrected chi connectivity index (χ1v) is 11.6. The van der Waals surface area contributed by atoms with Gasteiger partial charge in [0.25, 0.3) is 0 Å². The predicted molar refractivity (Wildman–Crippen MR) is 137 cm³/mol. The number of hydrogen-bond donors (Lipinski definition) is 0. The molecule has 3 heteroatoms. The van der Waals surface area contributed by atoms with Crippen LogP contribution in [0.15, 0.2) is 109 Å². The highest BCUT2D eigenvalue weighted by Gasteiger charge is 2.30. The van der Waals surface area contributed by atoms with E-state index in [9.17, 15) is 4.79 Å². The summed E-state index contributed by atoms with van der Waals surface area (Å²) >= 11 is 0. The summed E-state index contributed by atoms with van der Waals surface area (Å²) in [6.07, 6.45) is 1.23. The SMILES string of the molecule is COc1cccc(CC(C(=O)C(Cc2cccc(OC)c2)c2ccccc2)c2ccccc2)c1. The van der Waals surface area contributed by atoms with E-state index in [0.29, 0.717) is 12.8 Å². The molecular weight excluding hydrogens is 420 g/mol. The van der Waals surface area contributed by atoms with Crippen molar-refractivity contribution in [3.05, 3.63) is 131 Å². The Morgan fingerprint density at radius 1 is 0.588 bits per heavy atom. The molecule has 172 valence electrons. The van der Waals surface area contributed by atoms with Crippen LogP contribution < -0.4 is 9.47 Å². The van der Waals surface area contributed by atoms with Crippen molar-refractivity contribution < 1.29 is 14.3 Å². The number of Topliss-reactive ketones (excluding diaryl/α,β-unsaturated/α-hetero) is 1. The zero-order valence-electron chi connectivity index (χ0n) is 19.7. The minimum Gasteiger partial charge on any atom is -0.497 e. The lowest BCUT2D eigenvalue weighted by molar-refractivity contribution is -0.122. The van der Waals surface area contributed by atoms with Gasteiger partial charge in [0.1, 0.15) is 17.3 Å². The molecule has 2 atom stereocenters. The van der Waals surface area contributed by atoms with Crippen molar-refractivity contribution in [2.75, 3.05) is 14.2 Å². The Morgan fingerprint density at radius 3 is 1.38 bits per heavy atom. The quantitative estimate of drug-likeness (QED) is 0.272. The molecule has 0 fully saturated rings. The van der Waals surface area contributed by atoms with Gasteiger partial charge in [-0.2, -0.15) is 0 Å². The molecule has 0 aliphatic heterocycles. The number of hydrogen-bond acceptors (Lipinski definition) is 3. The van der Waals surface area contributed by atoms with Gasteiger partial charge in [-0.05, 0) is 59.4 Å². The fraction of sp³-hybridized carbons (Fsp3) is 0.194. The number of ketones is 1. The van der Waals surface area contributed by atoms with Gasteiger partial charge in [0, 0.05) is 11.8 Å². The summed E-state index contributed by atoms with van der Waals surface area (Å²) in [4.78, 5) is 14.3. The smallest absolute Gasteiger partial charge is 0.148 e.